The molecule has 0 aromatic rings. The number of nitriles is 1. The zero-order valence-corrected chi connectivity index (χ0v) is 8.89. The molecule has 0 aliphatic carbocycles. The van der Waals surface area contributed by atoms with Gasteiger partial charge in [-0.15, -0.1) is 0 Å². The minimum absolute atomic E-state index is 0.216. The van der Waals surface area contributed by atoms with Crippen LogP contribution in [0.4, 0.5) is 0 Å². The molecule has 0 fully saturated rings. The molecule has 0 saturated heterocycles. The highest BCUT2D eigenvalue weighted by Gasteiger charge is 2.04. The van der Waals surface area contributed by atoms with Crippen molar-refractivity contribution in [2.24, 2.45) is 11.8 Å². The van der Waals surface area contributed by atoms with Crippen LogP contribution < -0.4 is 0 Å². The highest BCUT2D eigenvalue weighted by molar-refractivity contribution is 9.09. The van der Waals surface area contributed by atoms with E-state index in [-0.39, 0.29) is 5.92 Å². The molecule has 0 aliphatic rings. The van der Waals surface area contributed by atoms with Crippen molar-refractivity contribution in [3.63, 3.8) is 0 Å². The summed E-state index contributed by atoms with van der Waals surface area (Å²) in [4.78, 5) is 0. The Bertz CT molecular complexity index is 126. The largest absolute Gasteiger partial charge is 0.198 e. The predicted octanol–water partition coefficient (Wildman–Crippen LogP) is 3.35. The molecule has 0 spiro atoms. The van der Waals surface area contributed by atoms with Gasteiger partial charge in [0.25, 0.3) is 0 Å². The summed E-state index contributed by atoms with van der Waals surface area (Å²) >= 11 is 3.32. The molecule has 0 bridgehead atoms. The number of hydrogen-bond acceptors (Lipinski definition) is 1. The van der Waals surface area contributed by atoms with Gasteiger partial charge in [-0.2, -0.15) is 5.26 Å². The fraction of sp³-hybridized carbons (Fsp3) is 0.889. The van der Waals surface area contributed by atoms with E-state index in [4.69, 9.17) is 5.26 Å². The molecule has 2 heteroatoms. The third kappa shape index (κ3) is 6.37. The normalized spacial score (nSPS) is 13.0. The molecule has 0 aromatic carbocycles. The zero-order valence-electron chi connectivity index (χ0n) is 7.31. The standard InChI is InChI=1S/C9H16BrN/c1-8(2)4-3-5-9(6-10)7-11/h8-9H,3-6H2,1-2H3. The number of nitrogens with zero attached hydrogens (tertiary/aromatic N) is 1. The second-order valence-electron chi connectivity index (χ2n) is 3.31. The summed E-state index contributed by atoms with van der Waals surface area (Å²) < 4.78 is 0. The second kappa shape index (κ2) is 6.67. The Morgan fingerprint density at radius 3 is 2.36 bits per heavy atom. The maximum absolute atomic E-state index is 8.61. The van der Waals surface area contributed by atoms with E-state index in [0.717, 1.165) is 17.7 Å². The first-order chi connectivity index (χ1) is 5.20. The van der Waals surface area contributed by atoms with E-state index in [2.05, 4.69) is 35.8 Å². The van der Waals surface area contributed by atoms with E-state index in [1.165, 1.54) is 12.8 Å². The predicted molar refractivity (Wildman–Crippen MR) is 51.6 cm³/mol. The van der Waals surface area contributed by atoms with Crippen LogP contribution in [0.15, 0.2) is 0 Å². The molecule has 1 nitrogen and oxygen atoms in total. The monoisotopic (exact) mass is 217 g/mol. The third-order valence-corrected chi connectivity index (χ3v) is 2.48. The molecule has 11 heavy (non-hydrogen) atoms. The number of alkyl halides is 1. The van der Waals surface area contributed by atoms with Crippen molar-refractivity contribution in [1.82, 2.24) is 0 Å². The Balaban J connectivity index is 3.30. The molecule has 0 amide bonds. The summed E-state index contributed by atoms with van der Waals surface area (Å²) in [6.07, 6.45) is 3.46. The lowest BCUT2D eigenvalue weighted by molar-refractivity contribution is 0.509. The van der Waals surface area contributed by atoms with Gasteiger partial charge in [0.05, 0.1) is 12.0 Å². The topological polar surface area (TPSA) is 23.8 Å². The molecule has 1 unspecified atom stereocenters. The summed E-state index contributed by atoms with van der Waals surface area (Å²) in [6, 6.07) is 2.28. The quantitative estimate of drug-likeness (QED) is 0.649. The summed E-state index contributed by atoms with van der Waals surface area (Å²) in [5.74, 6) is 0.985. The SMILES string of the molecule is CC(C)CCCC(C#N)CBr. The van der Waals surface area contributed by atoms with Crippen LogP contribution in [0.3, 0.4) is 0 Å². The Kier molecular flexibility index (Phi) is 6.65. The lowest BCUT2D eigenvalue weighted by atomic mass is 10.0. The van der Waals surface area contributed by atoms with Crippen molar-refractivity contribution in [2.75, 3.05) is 5.33 Å². The highest BCUT2D eigenvalue weighted by atomic mass is 79.9. The van der Waals surface area contributed by atoms with Crippen LogP contribution in [0.2, 0.25) is 0 Å². The Morgan fingerprint density at radius 2 is 2.00 bits per heavy atom. The van der Waals surface area contributed by atoms with Crippen LogP contribution in [-0.4, -0.2) is 5.33 Å². The van der Waals surface area contributed by atoms with Crippen molar-refractivity contribution in [1.29, 1.82) is 5.26 Å². The van der Waals surface area contributed by atoms with Crippen LogP contribution in [0, 0.1) is 23.2 Å². The Labute approximate surface area is 77.9 Å². The van der Waals surface area contributed by atoms with Gasteiger partial charge in [-0.25, -0.2) is 0 Å². The average molecular weight is 218 g/mol. The van der Waals surface area contributed by atoms with Gasteiger partial charge in [0.15, 0.2) is 0 Å². The molecule has 0 heterocycles. The maximum Gasteiger partial charge on any atom is 0.0664 e. The highest BCUT2D eigenvalue weighted by Crippen LogP contribution is 2.13. The van der Waals surface area contributed by atoms with Crippen LogP contribution in [0.5, 0.6) is 0 Å². The third-order valence-electron chi connectivity index (χ3n) is 1.70. The molecule has 0 rings (SSSR count). The summed E-state index contributed by atoms with van der Waals surface area (Å²) in [7, 11) is 0. The first kappa shape index (κ1) is 11.0. The Morgan fingerprint density at radius 1 is 1.36 bits per heavy atom. The minimum atomic E-state index is 0.216. The van der Waals surface area contributed by atoms with E-state index < -0.39 is 0 Å². The average Bonchev–Trinajstić information content (AvgIpc) is 1.98. The number of halogens is 1. The molecular formula is C9H16BrN. The molecule has 1 atom stereocenters. The number of hydrogen-bond donors (Lipinski definition) is 0. The molecule has 0 saturated carbocycles. The zero-order chi connectivity index (χ0) is 8.69. The van der Waals surface area contributed by atoms with E-state index in [9.17, 15) is 0 Å². The first-order valence-corrected chi connectivity index (χ1v) is 5.28. The van der Waals surface area contributed by atoms with Gasteiger partial charge in [-0.3, -0.25) is 0 Å². The maximum atomic E-state index is 8.61. The summed E-state index contributed by atoms with van der Waals surface area (Å²) in [5.41, 5.74) is 0. The summed E-state index contributed by atoms with van der Waals surface area (Å²) in [5, 5.41) is 9.43. The smallest absolute Gasteiger partial charge is 0.0664 e. The van der Waals surface area contributed by atoms with Gasteiger partial charge in [0, 0.05) is 5.33 Å². The molecule has 0 aromatic heterocycles. The van der Waals surface area contributed by atoms with Crippen molar-refractivity contribution in [2.45, 2.75) is 33.1 Å². The van der Waals surface area contributed by atoms with Gasteiger partial charge >= 0.3 is 0 Å². The van der Waals surface area contributed by atoms with Gasteiger partial charge in [0.1, 0.15) is 0 Å². The van der Waals surface area contributed by atoms with E-state index in [1.807, 2.05) is 0 Å². The van der Waals surface area contributed by atoms with Gasteiger partial charge in [0.2, 0.25) is 0 Å². The van der Waals surface area contributed by atoms with E-state index in [0.29, 0.717) is 0 Å². The van der Waals surface area contributed by atoms with Crippen molar-refractivity contribution in [3.05, 3.63) is 0 Å². The molecule has 64 valence electrons. The molecular weight excluding hydrogens is 202 g/mol. The lowest BCUT2D eigenvalue weighted by Gasteiger charge is -2.06. The van der Waals surface area contributed by atoms with E-state index >= 15 is 0 Å². The molecule has 0 radical (unpaired) electrons. The molecule has 0 aliphatic heterocycles. The molecule has 0 N–H and O–H groups in total. The first-order valence-electron chi connectivity index (χ1n) is 4.16. The van der Waals surface area contributed by atoms with Crippen molar-refractivity contribution < 1.29 is 0 Å². The van der Waals surface area contributed by atoms with Crippen molar-refractivity contribution in [3.8, 4) is 6.07 Å². The lowest BCUT2D eigenvalue weighted by Crippen LogP contribution is -1.99. The van der Waals surface area contributed by atoms with Gasteiger partial charge in [-0.05, 0) is 12.3 Å². The van der Waals surface area contributed by atoms with E-state index in [1.54, 1.807) is 0 Å². The fourth-order valence-corrected chi connectivity index (χ4v) is 1.42. The van der Waals surface area contributed by atoms with Gasteiger partial charge in [-0.1, -0.05) is 42.6 Å². The second-order valence-corrected chi connectivity index (χ2v) is 3.95. The van der Waals surface area contributed by atoms with Crippen LogP contribution in [0.1, 0.15) is 33.1 Å². The van der Waals surface area contributed by atoms with Crippen LogP contribution in [0.25, 0.3) is 0 Å². The van der Waals surface area contributed by atoms with Crippen LogP contribution >= 0.6 is 15.9 Å². The van der Waals surface area contributed by atoms with Gasteiger partial charge < -0.3 is 0 Å². The Hall–Kier alpha value is -0.0300. The fourth-order valence-electron chi connectivity index (χ4n) is 0.949. The van der Waals surface area contributed by atoms with Crippen molar-refractivity contribution >= 4 is 15.9 Å². The summed E-state index contributed by atoms with van der Waals surface area (Å²) in [6.45, 7) is 4.44. The minimum Gasteiger partial charge on any atom is -0.198 e. The van der Waals surface area contributed by atoms with Crippen LogP contribution in [-0.2, 0) is 0 Å². The number of rotatable bonds is 5.